The summed E-state index contributed by atoms with van der Waals surface area (Å²) in [6.07, 6.45) is 6.83. The molecule has 1 saturated carbocycles. The van der Waals surface area contributed by atoms with Crippen molar-refractivity contribution in [3.05, 3.63) is 57.8 Å². The summed E-state index contributed by atoms with van der Waals surface area (Å²) in [6, 6.07) is 9.29. The molecule has 0 unspecified atom stereocenters. The van der Waals surface area contributed by atoms with Crippen LogP contribution in [0.3, 0.4) is 0 Å². The van der Waals surface area contributed by atoms with Crippen LogP contribution in [0.4, 0.5) is 0 Å². The third kappa shape index (κ3) is 3.11. The van der Waals surface area contributed by atoms with Crippen molar-refractivity contribution >= 4 is 22.9 Å². The van der Waals surface area contributed by atoms with Gasteiger partial charge >= 0.3 is 0 Å². The summed E-state index contributed by atoms with van der Waals surface area (Å²) in [5, 5.41) is 3.95. The summed E-state index contributed by atoms with van der Waals surface area (Å²) in [4.78, 5) is 32.0. The number of nitrogens with zero attached hydrogens (tertiary/aromatic N) is 2. The largest absolute Gasteiger partial charge is 0.301 e. The van der Waals surface area contributed by atoms with Crippen molar-refractivity contribution in [2.24, 2.45) is 5.92 Å². The zero-order valence-corrected chi connectivity index (χ0v) is 17.6. The Balaban J connectivity index is 1.40. The van der Waals surface area contributed by atoms with Gasteiger partial charge in [-0.3, -0.25) is 14.5 Å². The van der Waals surface area contributed by atoms with Gasteiger partial charge in [0.15, 0.2) is 17.1 Å². The van der Waals surface area contributed by atoms with Gasteiger partial charge in [-0.15, -0.1) is 0 Å². The summed E-state index contributed by atoms with van der Waals surface area (Å²) in [6.45, 7) is 4.54. The van der Waals surface area contributed by atoms with Crippen LogP contribution in [0.1, 0.15) is 58.4 Å². The lowest BCUT2D eigenvalue weighted by molar-refractivity contribution is 0.0258. The fourth-order valence-corrected chi connectivity index (χ4v) is 6.27. The van der Waals surface area contributed by atoms with Crippen LogP contribution in [0, 0.1) is 5.92 Å². The van der Waals surface area contributed by atoms with E-state index in [0.29, 0.717) is 11.1 Å². The molecule has 152 valence electrons. The van der Waals surface area contributed by atoms with E-state index in [1.807, 2.05) is 41.1 Å². The van der Waals surface area contributed by atoms with E-state index in [0.717, 1.165) is 37.7 Å². The van der Waals surface area contributed by atoms with Crippen molar-refractivity contribution in [2.45, 2.75) is 37.6 Å². The van der Waals surface area contributed by atoms with Gasteiger partial charge < -0.3 is 4.90 Å². The van der Waals surface area contributed by atoms with Crippen molar-refractivity contribution in [1.29, 1.82) is 0 Å². The van der Waals surface area contributed by atoms with E-state index in [2.05, 4.69) is 9.80 Å². The first kappa shape index (κ1) is 19.2. The average Bonchev–Trinajstić information content (AvgIpc) is 3.37. The zero-order valence-electron chi connectivity index (χ0n) is 16.8. The van der Waals surface area contributed by atoms with E-state index >= 15 is 0 Å². The molecule has 1 saturated heterocycles. The van der Waals surface area contributed by atoms with Crippen LogP contribution >= 0.6 is 11.3 Å². The van der Waals surface area contributed by atoms with E-state index in [-0.39, 0.29) is 11.6 Å². The molecule has 1 aromatic carbocycles. The maximum atomic E-state index is 13.7. The molecule has 1 aromatic heterocycles. The molecule has 0 atom stereocenters. The first-order valence-corrected chi connectivity index (χ1v) is 11.8. The molecule has 0 bridgehead atoms. The highest BCUT2D eigenvalue weighted by atomic mass is 32.1. The van der Waals surface area contributed by atoms with Crippen molar-refractivity contribution in [3.63, 3.8) is 0 Å². The molecule has 1 aliphatic heterocycles. The molecule has 5 heteroatoms. The molecule has 4 nitrogen and oxygen atoms in total. The minimum Gasteiger partial charge on any atom is -0.301 e. The molecule has 2 heterocycles. The van der Waals surface area contributed by atoms with Gasteiger partial charge in [0.2, 0.25) is 0 Å². The normalized spacial score (nSPS) is 23.4. The highest BCUT2D eigenvalue weighted by molar-refractivity contribution is 7.08. The Morgan fingerprint density at radius 1 is 0.897 bits per heavy atom. The highest BCUT2D eigenvalue weighted by Crippen LogP contribution is 2.43. The van der Waals surface area contributed by atoms with E-state index in [4.69, 9.17) is 0 Å². The Labute approximate surface area is 176 Å². The fraction of sp³-hybridized carbons (Fsp3) is 0.500. The van der Waals surface area contributed by atoms with Gasteiger partial charge in [0.25, 0.3) is 0 Å². The van der Waals surface area contributed by atoms with Gasteiger partial charge in [0.1, 0.15) is 0 Å². The number of ketones is 2. The number of hydrogen-bond acceptors (Lipinski definition) is 5. The second-order valence-electron chi connectivity index (χ2n) is 8.72. The summed E-state index contributed by atoms with van der Waals surface area (Å²) in [7, 11) is 0. The monoisotopic (exact) mass is 408 g/mol. The van der Waals surface area contributed by atoms with Crippen LogP contribution in [0.15, 0.2) is 41.1 Å². The van der Waals surface area contributed by atoms with Crippen LogP contribution in [0.2, 0.25) is 0 Å². The Hall–Kier alpha value is -1.82. The fourth-order valence-electron chi connectivity index (χ4n) is 5.58. The maximum absolute atomic E-state index is 13.7. The number of rotatable bonds is 4. The summed E-state index contributed by atoms with van der Waals surface area (Å²) >= 11 is 1.55. The Kier molecular flexibility index (Phi) is 5.14. The lowest BCUT2D eigenvalue weighted by Gasteiger charge is -2.44. The average molecular weight is 409 g/mol. The van der Waals surface area contributed by atoms with Crippen LogP contribution in [-0.4, -0.2) is 54.1 Å². The van der Waals surface area contributed by atoms with Crippen LogP contribution < -0.4 is 0 Å². The number of carbonyl (C=O) groups is 2. The quantitative estimate of drug-likeness (QED) is 0.710. The van der Waals surface area contributed by atoms with Gasteiger partial charge in [-0.2, -0.15) is 11.3 Å². The summed E-state index contributed by atoms with van der Waals surface area (Å²) in [5.74, 6) is 0.731. The molecule has 5 rings (SSSR count). The minimum atomic E-state index is -1.17. The third-order valence-corrected chi connectivity index (χ3v) is 7.78. The summed E-state index contributed by atoms with van der Waals surface area (Å²) in [5.41, 5.74) is 0.830. The zero-order chi connectivity index (χ0) is 19.8. The van der Waals surface area contributed by atoms with E-state index in [9.17, 15) is 9.59 Å². The number of hydrogen-bond donors (Lipinski definition) is 0. The van der Waals surface area contributed by atoms with Crippen LogP contribution in [0.25, 0.3) is 0 Å². The molecule has 3 aliphatic rings. The molecule has 2 aromatic rings. The molecule has 0 radical (unpaired) electrons. The van der Waals surface area contributed by atoms with Crippen LogP contribution in [0.5, 0.6) is 0 Å². The Morgan fingerprint density at radius 2 is 1.55 bits per heavy atom. The first-order chi connectivity index (χ1) is 14.2. The number of thiophene rings is 1. The van der Waals surface area contributed by atoms with Crippen molar-refractivity contribution in [2.75, 3.05) is 32.7 Å². The molecular formula is C24H28N2O2S. The lowest BCUT2D eigenvalue weighted by Crippen LogP contribution is -2.60. The SMILES string of the molecule is O=C1c2ccccc2C(=O)C1(c1ccsc1)N1CCN(CC2CCCCC2)CC1. The van der Waals surface area contributed by atoms with E-state index < -0.39 is 5.54 Å². The molecule has 2 aliphatic carbocycles. The second-order valence-corrected chi connectivity index (χ2v) is 9.50. The standard InChI is InChI=1S/C24H28N2O2S/c27-22-20-8-4-5-9-21(20)23(28)24(22,19-10-15-29-17-19)26-13-11-25(12-14-26)16-18-6-2-1-3-7-18/h4-5,8-10,15,17-18H,1-3,6-7,11-14,16H2. The molecule has 0 amide bonds. The smallest absolute Gasteiger partial charge is 0.196 e. The second kappa shape index (κ2) is 7.78. The Morgan fingerprint density at radius 3 is 2.14 bits per heavy atom. The molecule has 0 spiro atoms. The van der Waals surface area contributed by atoms with Crippen molar-refractivity contribution in [3.8, 4) is 0 Å². The van der Waals surface area contributed by atoms with Gasteiger partial charge in [0.05, 0.1) is 0 Å². The predicted molar refractivity (Wildman–Crippen MR) is 116 cm³/mol. The molecular weight excluding hydrogens is 380 g/mol. The number of carbonyl (C=O) groups excluding carboxylic acids is 2. The van der Waals surface area contributed by atoms with Gasteiger partial charge in [0, 0.05) is 43.9 Å². The van der Waals surface area contributed by atoms with Gasteiger partial charge in [-0.05, 0) is 41.1 Å². The lowest BCUT2D eigenvalue weighted by atomic mass is 9.84. The summed E-state index contributed by atoms with van der Waals surface area (Å²) < 4.78 is 0. The molecule has 29 heavy (non-hydrogen) atoms. The van der Waals surface area contributed by atoms with Crippen molar-refractivity contribution < 1.29 is 9.59 Å². The van der Waals surface area contributed by atoms with E-state index in [1.54, 1.807) is 11.3 Å². The number of piperazine rings is 1. The van der Waals surface area contributed by atoms with Crippen LogP contribution in [-0.2, 0) is 5.54 Å². The Bertz CT molecular complexity index is 858. The van der Waals surface area contributed by atoms with E-state index in [1.165, 1.54) is 38.6 Å². The number of Topliss-reactive ketones (excluding diaryl/α,β-unsaturated/α-hetero) is 2. The molecule has 0 N–H and O–H groups in total. The topological polar surface area (TPSA) is 40.6 Å². The van der Waals surface area contributed by atoms with Crippen molar-refractivity contribution in [1.82, 2.24) is 9.80 Å². The first-order valence-electron chi connectivity index (χ1n) is 10.9. The highest BCUT2D eigenvalue weighted by Gasteiger charge is 2.58. The predicted octanol–water partition coefficient (Wildman–Crippen LogP) is 4.22. The maximum Gasteiger partial charge on any atom is 0.196 e. The van der Waals surface area contributed by atoms with Gasteiger partial charge in [-0.25, -0.2) is 0 Å². The minimum absolute atomic E-state index is 0.0442. The third-order valence-electron chi connectivity index (χ3n) is 7.10. The molecule has 2 fully saturated rings. The van der Waals surface area contributed by atoms with Gasteiger partial charge in [-0.1, -0.05) is 43.5 Å². The number of fused-ring (bicyclic) bond motifs is 1. The number of benzene rings is 1.